The first-order valence-electron chi connectivity index (χ1n) is 5.95. The highest BCUT2D eigenvalue weighted by molar-refractivity contribution is 5.95. The van der Waals surface area contributed by atoms with Gasteiger partial charge in [0.1, 0.15) is 0 Å². The Kier molecular flexibility index (Phi) is 3.22. The van der Waals surface area contributed by atoms with Crippen molar-refractivity contribution in [3.63, 3.8) is 0 Å². The molecule has 1 fully saturated rings. The summed E-state index contributed by atoms with van der Waals surface area (Å²) in [6.45, 7) is 1.85. The zero-order valence-corrected chi connectivity index (χ0v) is 9.70. The van der Waals surface area contributed by atoms with Gasteiger partial charge >= 0.3 is 0 Å². The van der Waals surface area contributed by atoms with Crippen LogP contribution in [0.2, 0.25) is 0 Å². The number of nitrogens with zero attached hydrogens (tertiary/aromatic N) is 1. The van der Waals surface area contributed by atoms with Crippen LogP contribution in [0.4, 0.5) is 0 Å². The number of pyridine rings is 1. The molecule has 1 amide bonds. The molecule has 0 spiro atoms. The zero-order valence-electron chi connectivity index (χ0n) is 9.70. The molecule has 3 heteroatoms. The van der Waals surface area contributed by atoms with Gasteiger partial charge in [0.15, 0.2) is 0 Å². The molecule has 0 bridgehead atoms. The van der Waals surface area contributed by atoms with Crippen molar-refractivity contribution < 1.29 is 4.79 Å². The number of hydrogen-bond acceptors (Lipinski definition) is 2. The van der Waals surface area contributed by atoms with Crippen molar-refractivity contribution in [1.82, 2.24) is 4.98 Å². The molecule has 2 rings (SSSR count). The standard InChI is InChI=1S/C13H18N2O/c1-9-12(13(14)16)11(7-8-15-9)10-5-3-2-4-6-10/h7-8,10H,2-6H2,1H3,(H2,14,16). The van der Waals surface area contributed by atoms with Gasteiger partial charge in [-0.05, 0) is 37.3 Å². The first-order valence-corrected chi connectivity index (χ1v) is 5.95. The van der Waals surface area contributed by atoms with E-state index in [0.717, 1.165) is 11.3 Å². The van der Waals surface area contributed by atoms with Crippen LogP contribution in [0.15, 0.2) is 12.3 Å². The number of carbonyl (C=O) groups excluding carboxylic acids is 1. The van der Waals surface area contributed by atoms with E-state index in [0.29, 0.717) is 11.5 Å². The van der Waals surface area contributed by atoms with Crippen molar-refractivity contribution >= 4 is 5.91 Å². The summed E-state index contributed by atoms with van der Waals surface area (Å²) in [6, 6.07) is 1.96. The van der Waals surface area contributed by atoms with E-state index in [-0.39, 0.29) is 5.91 Å². The fraction of sp³-hybridized carbons (Fsp3) is 0.538. The first kappa shape index (κ1) is 11.1. The van der Waals surface area contributed by atoms with Crippen LogP contribution in [0.25, 0.3) is 0 Å². The van der Waals surface area contributed by atoms with Gasteiger partial charge in [-0.2, -0.15) is 0 Å². The average molecular weight is 218 g/mol. The summed E-state index contributed by atoms with van der Waals surface area (Å²) < 4.78 is 0. The SMILES string of the molecule is Cc1nccc(C2CCCCC2)c1C(N)=O. The Balaban J connectivity index is 2.38. The number of carbonyl (C=O) groups is 1. The van der Waals surface area contributed by atoms with Gasteiger partial charge < -0.3 is 5.73 Å². The predicted octanol–water partition coefficient (Wildman–Crippen LogP) is 2.54. The van der Waals surface area contributed by atoms with Crippen LogP contribution < -0.4 is 5.73 Å². The van der Waals surface area contributed by atoms with E-state index < -0.39 is 0 Å². The minimum Gasteiger partial charge on any atom is -0.366 e. The fourth-order valence-electron chi connectivity index (χ4n) is 2.66. The summed E-state index contributed by atoms with van der Waals surface area (Å²) in [5.41, 5.74) is 7.96. The number of primary amides is 1. The lowest BCUT2D eigenvalue weighted by atomic mass is 9.82. The molecule has 0 saturated heterocycles. The maximum absolute atomic E-state index is 11.5. The van der Waals surface area contributed by atoms with Gasteiger partial charge in [-0.1, -0.05) is 19.3 Å². The second kappa shape index (κ2) is 4.64. The topological polar surface area (TPSA) is 56.0 Å². The Hall–Kier alpha value is -1.38. The lowest BCUT2D eigenvalue weighted by Gasteiger charge is -2.24. The van der Waals surface area contributed by atoms with Gasteiger partial charge in [-0.25, -0.2) is 0 Å². The summed E-state index contributed by atoms with van der Waals surface area (Å²) in [4.78, 5) is 15.6. The highest BCUT2D eigenvalue weighted by atomic mass is 16.1. The smallest absolute Gasteiger partial charge is 0.250 e. The molecule has 0 aliphatic heterocycles. The molecule has 1 aromatic rings. The predicted molar refractivity (Wildman–Crippen MR) is 63.3 cm³/mol. The minimum atomic E-state index is -0.342. The fourth-order valence-corrected chi connectivity index (χ4v) is 2.66. The normalized spacial score (nSPS) is 17.3. The molecule has 0 atom stereocenters. The molecule has 2 N–H and O–H groups in total. The third kappa shape index (κ3) is 2.08. The number of aromatic nitrogens is 1. The summed E-state index contributed by atoms with van der Waals surface area (Å²) in [7, 11) is 0. The molecule has 86 valence electrons. The number of amides is 1. The third-order valence-corrected chi connectivity index (χ3v) is 3.46. The summed E-state index contributed by atoms with van der Waals surface area (Å²) in [5.74, 6) is 0.157. The number of hydrogen-bond donors (Lipinski definition) is 1. The van der Waals surface area contributed by atoms with Crippen LogP contribution in [0.1, 0.15) is 59.6 Å². The first-order chi connectivity index (χ1) is 7.70. The van der Waals surface area contributed by atoms with E-state index in [4.69, 9.17) is 5.73 Å². The van der Waals surface area contributed by atoms with Gasteiger partial charge in [0.05, 0.1) is 11.3 Å². The molecule has 0 radical (unpaired) electrons. The van der Waals surface area contributed by atoms with E-state index in [1.807, 2.05) is 13.0 Å². The largest absolute Gasteiger partial charge is 0.366 e. The molecular weight excluding hydrogens is 200 g/mol. The molecule has 1 saturated carbocycles. The zero-order chi connectivity index (χ0) is 11.5. The van der Waals surface area contributed by atoms with E-state index >= 15 is 0 Å². The Bertz CT molecular complexity index is 395. The van der Waals surface area contributed by atoms with Gasteiger partial charge in [0, 0.05) is 6.20 Å². The third-order valence-electron chi connectivity index (χ3n) is 3.46. The molecule has 1 heterocycles. The lowest BCUT2D eigenvalue weighted by molar-refractivity contribution is 0.0997. The molecule has 0 aromatic carbocycles. The summed E-state index contributed by atoms with van der Waals surface area (Å²) in [6.07, 6.45) is 7.94. The molecule has 0 unspecified atom stereocenters. The molecule has 1 aliphatic rings. The number of rotatable bonds is 2. The molecule has 16 heavy (non-hydrogen) atoms. The van der Waals surface area contributed by atoms with Gasteiger partial charge in [-0.15, -0.1) is 0 Å². The quantitative estimate of drug-likeness (QED) is 0.829. The van der Waals surface area contributed by atoms with E-state index in [1.54, 1.807) is 6.20 Å². The lowest BCUT2D eigenvalue weighted by Crippen LogP contribution is -2.19. The van der Waals surface area contributed by atoms with Crippen molar-refractivity contribution in [2.45, 2.75) is 44.9 Å². The van der Waals surface area contributed by atoms with Crippen molar-refractivity contribution in [2.24, 2.45) is 5.73 Å². The van der Waals surface area contributed by atoms with Crippen molar-refractivity contribution in [3.8, 4) is 0 Å². The molecule has 3 nitrogen and oxygen atoms in total. The number of nitrogens with two attached hydrogens (primary N) is 1. The summed E-state index contributed by atoms with van der Waals surface area (Å²) >= 11 is 0. The van der Waals surface area contributed by atoms with Gasteiger partial charge in [0.2, 0.25) is 0 Å². The Morgan fingerprint density at radius 1 is 1.38 bits per heavy atom. The second-order valence-corrected chi connectivity index (χ2v) is 4.56. The van der Waals surface area contributed by atoms with Crippen LogP contribution in [0, 0.1) is 6.92 Å². The minimum absolute atomic E-state index is 0.342. The van der Waals surface area contributed by atoms with E-state index in [9.17, 15) is 4.79 Å². The maximum atomic E-state index is 11.5. The Morgan fingerprint density at radius 3 is 2.69 bits per heavy atom. The van der Waals surface area contributed by atoms with Crippen LogP contribution in [0.3, 0.4) is 0 Å². The van der Waals surface area contributed by atoms with Crippen LogP contribution in [0.5, 0.6) is 0 Å². The monoisotopic (exact) mass is 218 g/mol. The van der Waals surface area contributed by atoms with Crippen molar-refractivity contribution in [3.05, 3.63) is 29.1 Å². The van der Waals surface area contributed by atoms with Crippen LogP contribution >= 0.6 is 0 Å². The maximum Gasteiger partial charge on any atom is 0.250 e. The second-order valence-electron chi connectivity index (χ2n) is 4.56. The van der Waals surface area contributed by atoms with Gasteiger partial charge in [0.25, 0.3) is 5.91 Å². The van der Waals surface area contributed by atoms with Crippen molar-refractivity contribution in [1.29, 1.82) is 0 Å². The van der Waals surface area contributed by atoms with Crippen LogP contribution in [-0.2, 0) is 0 Å². The van der Waals surface area contributed by atoms with E-state index in [1.165, 1.54) is 32.1 Å². The van der Waals surface area contributed by atoms with E-state index in [2.05, 4.69) is 4.98 Å². The van der Waals surface area contributed by atoms with Crippen LogP contribution in [-0.4, -0.2) is 10.9 Å². The summed E-state index contributed by atoms with van der Waals surface area (Å²) in [5, 5.41) is 0. The molecule has 1 aromatic heterocycles. The molecular formula is C13H18N2O. The highest BCUT2D eigenvalue weighted by Gasteiger charge is 2.21. The Labute approximate surface area is 96.1 Å². The number of aryl methyl sites for hydroxylation is 1. The molecule has 1 aliphatic carbocycles. The highest BCUT2D eigenvalue weighted by Crippen LogP contribution is 2.34. The average Bonchev–Trinajstić information content (AvgIpc) is 2.29. The van der Waals surface area contributed by atoms with Crippen molar-refractivity contribution in [2.75, 3.05) is 0 Å². The van der Waals surface area contributed by atoms with Gasteiger partial charge in [-0.3, -0.25) is 9.78 Å². The Morgan fingerprint density at radius 2 is 2.06 bits per heavy atom.